The van der Waals surface area contributed by atoms with Crippen LogP contribution in [-0.2, 0) is 0 Å². The molecule has 3 heteroatoms. The van der Waals surface area contributed by atoms with Gasteiger partial charge >= 0.3 is 0 Å². The van der Waals surface area contributed by atoms with Crippen molar-refractivity contribution in [3.63, 3.8) is 0 Å². The summed E-state index contributed by atoms with van der Waals surface area (Å²) < 4.78 is 0. The van der Waals surface area contributed by atoms with Gasteiger partial charge in [-0.15, -0.1) is 0 Å². The molecule has 1 aliphatic carbocycles. The molecule has 0 heterocycles. The standard InChI is InChI=1S/C8H16N2S/c9-8(10)6-11-7-4-2-1-3-5-7/h7H,1-6H2,(H3,9,10). The average Bonchev–Trinajstić information content (AvgIpc) is 2.03. The van der Waals surface area contributed by atoms with Gasteiger partial charge in [-0.3, -0.25) is 5.41 Å². The number of nitrogens with two attached hydrogens (primary N) is 1. The zero-order chi connectivity index (χ0) is 8.10. The molecule has 1 fully saturated rings. The number of hydrogen-bond acceptors (Lipinski definition) is 2. The molecule has 0 aliphatic heterocycles. The van der Waals surface area contributed by atoms with Crippen LogP contribution in [-0.4, -0.2) is 16.8 Å². The fraction of sp³-hybridized carbons (Fsp3) is 0.875. The van der Waals surface area contributed by atoms with E-state index in [2.05, 4.69) is 0 Å². The number of rotatable bonds is 3. The maximum atomic E-state index is 7.07. The first-order valence-electron chi connectivity index (χ1n) is 4.23. The molecule has 0 saturated heterocycles. The maximum Gasteiger partial charge on any atom is 0.101 e. The topological polar surface area (TPSA) is 49.9 Å². The minimum atomic E-state index is 0.320. The molecule has 0 atom stereocenters. The van der Waals surface area contributed by atoms with E-state index in [1.54, 1.807) is 0 Å². The lowest BCUT2D eigenvalue weighted by molar-refractivity contribution is 0.516. The van der Waals surface area contributed by atoms with Crippen LogP contribution in [0.25, 0.3) is 0 Å². The quantitative estimate of drug-likeness (QED) is 0.505. The van der Waals surface area contributed by atoms with Gasteiger partial charge in [0, 0.05) is 5.25 Å². The molecule has 2 nitrogen and oxygen atoms in total. The zero-order valence-corrected chi connectivity index (χ0v) is 7.62. The molecule has 64 valence electrons. The highest BCUT2D eigenvalue weighted by atomic mass is 32.2. The van der Waals surface area contributed by atoms with Crippen LogP contribution in [0.4, 0.5) is 0 Å². The second kappa shape index (κ2) is 4.65. The summed E-state index contributed by atoms with van der Waals surface area (Å²) in [5.41, 5.74) is 5.27. The Morgan fingerprint density at radius 1 is 1.36 bits per heavy atom. The van der Waals surface area contributed by atoms with Crippen molar-refractivity contribution in [2.45, 2.75) is 37.4 Å². The summed E-state index contributed by atoms with van der Waals surface area (Å²) in [6, 6.07) is 0. The van der Waals surface area contributed by atoms with Gasteiger partial charge < -0.3 is 5.73 Å². The largest absolute Gasteiger partial charge is 0.387 e. The van der Waals surface area contributed by atoms with Crippen molar-refractivity contribution in [2.24, 2.45) is 5.73 Å². The summed E-state index contributed by atoms with van der Waals surface area (Å²) in [5, 5.41) is 7.85. The Hall–Kier alpha value is -0.180. The van der Waals surface area contributed by atoms with E-state index in [4.69, 9.17) is 11.1 Å². The molecule has 0 bridgehead atoms. The number of thioether (sulfide) groups is 1. The van der Waals surface area contributed by atoms with Gasteiger partial charge in [0.05, 0.1) is 5.75 Å². The second-order valence-electron chi connectivity index (χ2n) is 3.10. The highest BCUT2D eigenvalue weighted by molar-refractivity contribution is 8.00. The zero-order valence-electron chi connectivity index (χ0n) is 6.81. The Morgan fingerprint density at radius 3 is 2.55 bits per heavy atom. The summed E-state index contributed by atoms with van der Waals surface area (Å²) in [7, 11) is 0. The van der Waals surface area contributed by atoms with Crippen molar-refractivity contribution < 1.29 is 0 Å². The summed E-state index contributed by atoms with van der Waals surface area (Å²) in [5.74, 6) is 1.05. The SMILES string of the molecule is N=C(N)CSC1CCCCC1. The minimum Gasteiger partial charge on any atom is -0.387 e. The van der Waals surface area contributed by atoms with E-state index < -0.39 is 0 Å². The summed E-state index contributed by atoms with van der Waals surface area (Å²) in [4.78, 5) is 0. The monoisotopic (exact) mass is 172 g/mol. The summed E-state index contributed by atoms with van der Waals surface area (Å²) in [6.07, 6.45) is 6.80. The third-order valence-corrected chi connectivity index (χ3v) is 3.45. The van der Waals surface area contributed by atoms with Gasteiger partial charge in [0.25, 0.3) is 0 Å². The van der Waals surface area contributed by atoms with Crippen LogP contribution < -0.4 is 5.73 Å². The Kier molecular flexibility index (Phi) is 3.77. The Labute approximate surface area is 72.4 Å². The molecule has 1 saturated carbocycles. The smallest absolute Gasteiger partial charge is 0.101 e. The molecule has 0 spiro atoms. The lowest BCUT2D eigenvalue weighted by atomic mass is 10.0. The van der Waals surface area contributed by atoms with Gasteiger partial charge in [0.2, 0.25) is 0 Å². The second-order valence-corrected chi connectivity index (χ2v) is 4.38. The molecule has 11 heavy (non-hydrogen) atoms. The Balaban J connectivity index is 2.09. The molecular formula is C8H16N2S. The van der Waals surface area contributed by atoms with Crippen molar-refractivity contribution in [2.75, 3.05) is 5.75 Å². The molecule has 0 amide bonds. The molecule has 3 N–H and O–H groups in total. The number of amidine groups is 1. The van der Waals surface area contributed by atoms with E-state index in [1.807, 2.05) is 11.8 Å². The first-order valence-corrected chi connectivity index (χ1v) is 5.28. The predicted octanol–water partition coefficient (Wildman–Crippen LogP) is 1.99. The third kappa shape index (κ3) is 3.65. The first-order chi connectivity index (χ1) is 5.29. The van der Waals surface area contributed by atoms with Crippen LogP contribution in [0, 0.1) is 5.41 Å². The van der Waals surface area contributed by atoms with Gasteiger partial charge in [-0.1, -0.05) is 19.3 Å². The van der Waals surface area contributed by atoms with Crippen molar-refractivity contribution in [1.82, 2.24) is 0 Å². The molecular weight excluding hydrogens is 156 g/mol. The predicted molar refractivity (Wildman–Crippen MR) is 51.2 cm³/mol. The molecule has 0 aromatic rings. The van der Waals surface area contributed by atoms with Gasteiger partial charge in [-0.2, -0.15) is 11.8 Å². The highest BCUT2D eigenvalue weighted by Gasteiger charge is 2.13. The van der Waals surface area contributed by atoms with E-state index in [9.17, 15) is 0 Å². The molecule has 1 rings (SSSR count). The fourth-order valence-electron chi connectivity index (χ4n) is 1.44. The van der Waals surface area contributed by atoms with Crippen LogP contribution in [0.3, 0.4) is 0 Å². The van der Waals surface area contributed by atoms with E-state index in [1.165, 1.54) is 32.1 Å². The van der Waals surface area contributed by atoms with Gasteiger partial charge in [-0.25, -0.2) is 0 Å². The van der Waals surface area contributed by atoms with E-state index in [0.717, 1.165) is 11.0 Å². The van der Waals surface area contributed by atoms with Crippen molar-refractivity contribution in [3.8, 4) is 0 Å². The molecule has 0 unspecified atom stereocenters. The van der Waals surface area contributed by atoms with Gasteiger partial charge in [-0.05, 0) is 12.8 Å². The minimum absolute atomic E-state index is 0.320. The van der Waals surface area contributed by atoms with E-state index in [-0.39, 0.29) is 0 Å². The summed E-state index contributed by atoms with van der Waals surface area (Å²) >= 11 is 1.86. The van der Waals surface area contributed by atoms with Crippen LogP contribution in [0.1, 0.15) is 32.1 Å². The average molecular weight is 172 g/mol. The normalized spacial score (nSPS) is 20.0. The summed E-state index contributed by atoms with van der Waals surface area (Å²) in [6.45, 7) is 0. The Morgan fingerprint density at radius 2 is 2.00 bits per heavy atom. The van der Waals surface area contributed by atoms with Gasteiger partial charge in [0.15, 0.2) is 0 Å². The van der Waals surface area contributed by atoms with E-state index in [0.29, 0.717) is 5.84 Å². The van der Waals surface area contributed by atoms with Crippen LogP contribution in [0.2, 0.25) is 0 Å². The maximum absolute atomic E-state index is 7.07. The fourth-order valence-corrected chi connectivity index (χ4v) is 2.52. The molecule has 0 aromatic carbocycles. The van der Waals surface area contributed by atoms with Crippen LogP contribution in [0.15, 0.2) is 0 Å². The van der Waals surface area contributed by atoms with Crippen LogP contribution in [0.5, 0.6) is 0 Å². The molecule has 1 aliphatic rings. The van der Waals surface area contributed by atoms with E-state index >= 15 is 0 Å². The lowest BCUT2D eigenvalue weighted by Gasteiger charge is -2.20. The number of nitrogens with one attached hydrogen (secondary N) is 1. The van der Waals surface area contributed by atoms with Crippen molar-refractivity contribution in [3.05, 3.63) is 0 Å². The molecule has 0 radical (unpaired) electrons. The van der Waals surface area contributed by atoms with Crippen molar-refractivity contribution >= 4 is 17.6 Å². The molecule has 0 aromatic heterocycles. The first kappa shape index (κ1) is 8.91. The van der Waals surface area contributed by atoms with Gasteiger partial charge in [0.1, 0.15) is 5.84 Å². The number of hydrogen-bond donors (Lipinski definition) is 2. The Bertz CT molecular complexity index is 130. The van der Waals surface area contributed by atoms with Crippen molar-refractivity contribution in [1.29, 1.82) is 5.41 Å². The lowest BCUT2D eigenvalue weighted by Crippen LogP contribution is -2.16. The highest BCUT2D eigenvalue weighted by Crippen LogP contribution is 2.27. The third-order valence-electron chi connectivity index (χ3n) is 2.03. The van der Waals surface area contributed by atoms with Crippen LogP contribution >= 0.6 is 11.8 Å².